The van der Waals surface area contributed by atoms with E-state index in [1.54, 1.807) is 7.05 Å². The summed E-state index contributed by atoms with van der Waals surface area (Å²) in [5, 5.41) is 4.17. The number of hydrogen-bond acceptors (Lipinski definition) is 2. The first kappa shape index (κ1) is 19.6. The number of amides is 1. The molecule has 1 unspecified atom stereocenters. The summed E-state index contributed by atoms with van der Waals surface area (Å²) in [4.78, 5) is 20.4. The molecule has 1 amide bonds. The Labute approximate surface area is 156 Å². The van der Waals surface area contributed by atoms with Crippen LogP contribution in [0.1, 0.15) is 38.2 Å². The van der Waals surface area contributed by atoms with Gasteiger partial charge in [-0.3, -0.25) is 9.79 Å². The van der Waals surface area contributed by atoms with Crippen LogP contribution in [0.15, 0.2) is 29.3 Å². The summed E-state index contributed by atoms with van der Waals surface area (Å²) in [7, 11) is 3.78. The van der Waals surface area contributed by atoms with Crippen LogP contribution < -0.4 is 5.32 Å². The number of aliphatic imine (C=N–C) groups is 1. The Bertz CT molecular complexity index is 605. The lowest BCUT2D eigenvalue weighted by molar-refractivity contribution is -0.129. The van der Waals surface area contributed by atoms with Crippen molar-refractivity contribution in [3.05, 3.63) is 34.9 Å². The highest BCUT2D eigenvalue weighted by atomic mass is 35.5. The molecule has 0 radical (unpaired) electrons. The molecule has 138 valence electrons. The highest BCUT2D eigenvalue weighted by Crippen LogP contribution is 2.18. The molecule has 6 heteroatoms. The number of nitrogens with one attached hydrogen (secondary N) is 1. The van der Waals surface area contributed by atoms with E-state index in [2.05, 4.69) is 22.1 Å². The number of benzene rings is 1. The number of rotatable bonds is 7. The van der Waals surface area contributed by atoms with Crippen molar-refractivity contribution in [1.29, 1.82) is 0 Å². The van der Waals surface area contributed by atoms with E-state index in [9.17, 15) is 4.79 Å². The van der Waals surface area contributed by atoms with Gasteiger partial charge in [0.05, 0.1) is 0 Å². The van der Waals surface area contributed by atoms with Gasteiger partial charge in [-0.05, 0) is 30.9 Å². The maximum atomic E-state index is 11.9. The average Bonchev–Trinajstić information content (AvgIpc) is 3.03. The van der Waals surface area contributed by atoms with Gasteiger partial charge in [-0.1, -0.05) is 36.7 Å². The van der Waals surface area contributed by atoms with Crippen molar-refractivity contribution < 1.29 is 4.79 Å². The zero-order valence-corrected chi connectivity index (χ0v) is 16.2. The summed E-state index contributed by atoms with van der Waals surface area (Å²) < 4.78 is 0. The van der Waals surface area contributed by atoms with E-state index in [0.29, 0.717) is 24.9 Å². The second-order valence-corrected chi connectivity index (χ2v) is 6.87. The van der Waals surface area contributed by atoms with Crippen LogP contribution in [0.5, 0.6) is 0 Å². The second-order valence-electron chi connectivity index (χ2n) is 6.46. The maximum Gasteiger partial charge on any atom is 0.222 e. The summed E-state index contributed by atoms with van der Waals surface area (Å²) in [6, 6.07) is 8.17. The summed E-state index contributed by atoms with van der Waals surface area (Å²) in [6.07, 6.45) is 3.61. The fourth-order valence-electron chi connectivity index (χ4n) is 3.33. The van der Waals surface area contributed by atoms with E-state index >= 15 is 0 Å². The Balaban J connectivity index is 1.85. The van der Waals surface area contributed by atoms with Crippen LogP contribution >= 0.6 is 11.6 Å². The predicted molar refractivity (Wildman–Crippen MR) is 104 cm³/mol. The third-order valence-electron chi connectivity index (χ3n) is 4.72. The van der Waals surface area contributed by atoms with Gasteiger partial charge in [0.1, 0.15) is 0 Å². The van der Waals surface area contributed by atoms with E-state index in [0.717, 1.165) is 48.9 Å². The highest BCUT2D eigenvalue weighted by molar-refractivity contribution is 6.31. The molecule has 0 aromatic heterocycles. The fraction of sp³-hybridized carbons (Fsp3) is 0.579. The first-order valence-electron chi connectivity index (χ1n) is 9.01. The van der Waals surface area contributed by atoms with Gasteiger partial charge in [0, 0.05) is 51.2 Å². The van der Waals surface area contributed by atoms with Crippen LogP contribution in [0.2, 0.25) is 5.02 Å². The van der Waals surface area contributed by atoms with Crippen molar-refractivity contribution in [3.63, 3.8) is 0 Å². The molecule has 1 N–H and O–H groups in total. The summed E-state index contributed by atoms with van der Waals surface area (Å²) in [5.74, 6) is 1.13. The van der Waals surface area contributed by atoms with Crippen LogP contribution in [0, 0.1) is 0 Å². The zero-order valence-electron chi connectivity index (χ0n) is 15.5. The van der Waals surface area contributed by atoms with Crippen molar-refractivity contribution in [2.75, 3.05) is 27.2 Å². The van der Waals surface area contributed by atoms with E-state index < -0.39 is 0 Å². The van der Waals surface area contributed by atoms with Gasteiger partial charge in [0.25, 0.3) is 0 Å². The molecule has 1 aliphatic rings. The van der Waals surface area contributed by atoms with Gasteiger partial charge in [0.15, 0.2) is 5.96 Å². The van der Waals surface area contributed by atoms with Crippen LogP contribution in [-0.2, 0) is 11.3 Å². The van der Waals surface area contributed by atoms with E-state index in [-0.39, 0.29) is 0 Å². The minimum absolute atomic E-state index is 0.298. The SMILES string of the molecule is CCC(CCNC(=NC)N(C)Cc1ccccc1Cl)N1CCCC1=O. The molecule has 1 fully saturated rings. The molecule has 1 saturated heterocycles. The Morgan fingerprint density at radius 3 is 2.80 bits per heavy atom. The van der Waals surface area contributed by atoms with E-state index in [1.807, 2.05) is 36.2 Å². The van der Waals surface area contributed by atoms with Gasteiger partial charge < -0.3 is 15.1 Å². The minimum Gasteiger partial charge on any atom is -0.356 e. The van der Waals surface area contributed by atoms with Crippen LogP contribution in [-0.4, -0.2) is 54.9 Å². The van der Waals surface area contributed by atoms with Gasteiger partial charge in [0.2, 0.25) is 5.91 Å². The van der Waals surface area contributed by atoms with E-state index in [4.69, 9.17) is 11.6 Å². The average molecular weight is 365 g/mol. The molecule has 1 heterocycles. The number of carbonyl (C=O) groups excluding carboxylic acids is 1. The normalized spacial score (nSPS) is 16.2. The molecule has 1 aliphatic heterocycles. The molecule has 0 saturated carbocycles. The number of likely N-dealkylation sites (tertiary alicyclic amines) is 1. The van der Waals surface area contributed by atoms with Crippen molar-refractivity contribution in [2.45, 2.75) is 45.2 Å². The van der Waals surface area contributed by atoms with Gasteiger partial charge in [-0.2, -0.15) is 0 Å². The molecule has 5 nitrogen and oxygen atoms in total. The van der Waals surface area contributed by atoms with Crippen molar-refractivity contribution in [1.82, 2.24) is 15.1 Å². The lowest BCUT2D eigenvalue weighted by Crippen LogP contribution is -2.42. The Hall–Kier alpha value is -1.75. The molecular formula is C19H29ClN4O. The number of guanidine groups is 1. The predicted octanol–water partition coefficient (Wildman–Crippen LogP) is 3.14. The van der Waals surface area contributed by atoms with Crippen molar-refractivity contribution >= 4 is 23.5 Å². The molecule has 25 heavy (non-hydrogen) atoms. The number of nitrogens with zero attached hydrogens (tertiary/aromatic N) is 3. The maximum absolute atomic E-state index is 11.9. The highest BCUT2D eigenvalue weighted by Gasteiger charge is 2.26. The zero-order chi connectivity index (χ0) is 18.2. The molecule has 2 rings (SSSR count). The first-order valence-corrected chi connectivity index (χ1v) is 9.39. The van der Waals surface area contributed by atoms with Crippen molar-refractivity contribution in [3.8, 4) is 0 Å². The largest absolute Gasteiger partial charge is 0.356 e. The van der Waals surface area contributed by atoms with Crippen LogP contribution in [0.4, 0.5) is 0 Å². The second kappa shape index (κ2) is 9.66. The third-order valence-corrected chi connectivity index (χ3v) is 5.09. The molecule has 1 aromatic carbocycles. The number of hydrogen-bond donors (Lipinski definition) is 1. The third kappa shape index (κ3) is 5.36. The standard InChI is InChI=1S/C19H29ClN4O/c1-4-16(24-13-7-10-18(24)25)11-12-22-19(21-2)23(3)14-15-8-5-6-9-17(15)20/h5-6,8-9,16H,4,7,10-14H2,1-3H3,(H,21,22). The van der Waals surface area contributed by atoms with Gasteiger partial charge in [-0.25, -0.2) is 0 Å². The minimum atomic E-state index is 0.298. The van der Waals surface area contributed by atoms with E-state index in [1.165, 1.54) is 0 Å². The monoisotopic (exact) mass is 364 g/mol. The summed E-state index contributed by atoms with van der Waals surface area (Å²) >= 11 is 6.24. The molecular weight excluding hydrogens is 336 g/mol. The summed E-state index contributed by atoms with van der Waals surface area (Å²) in [6.45, 7) is 4.54. The molecule has 0 spiro atoms. The van der Waals surface area contributed by atoms with Gasteiger partial charge in [-0.15, -0.1) is 0 Å². The Morgan fingerprint density at radius 2 is 2.20 bits per heavy atom. The smallest absolute Gasteiger partial charge is 0.222 e. The quantitative estimate of drug-likeness (QED) is 0.597. The molecule has 0 aliphatic carbocycles. The Morgan fingerprint density at radius 1 is 1.44 bits per heavy atom. The number of carbonyl (C=O) groups is 1. The lowest BCUT2D eigenvalue weighted by Gasteiger charge is -2.28. The van der Waals surface area contributed by atoms with Crippen LogP contribution in [0.25, 0.3) is 0 Å². The van der Waals surface area contributed by atoms with Gasteiger partial charge >= 0.3 is 0 Å². The topological polar surface area (TPSA) is 47.9 Å². The fourth-order valence-corrected chi connectivity index (χ4v) is 3.52. The van der Waals surface area contributed by atoms with Crippen LogP contribution in [0.3, 0.4) is 0 Å². The molecule has 0 bridgehead atoms. The summed E-state index contributed by atoms with van der Waals surface area (Å²) in [5.41, 5.74) is 1.07. The molecule has 1 atom stereocenters. The lowest BCUT2D eigenvalue weighted by atomic mass is 10.1. The Kier molecular flexibility index (Phi) is 7.56. The molecule has 1 aromatic rings. The first-order chi connectivity index (χ1) is 12.1. The number of halogens is 1. The van der Waals surface area contributed by atoms with Crippen molar-refractivity contribution in [2.24, 2.45) is 4.99 Å².